The lowest BCUT2D eigenvalue weighted by molar-refractivity contribution is -0.140. The molecule has 5 nitrogen and oxygen atoms in total. The zero-order valence-electron chi connectivity index (χ0n) is 11.9. The second kappa shape index (κ2) is 7.57. The molecular weight excluding hydrogens is 263 g/mol. The van der Waals surface area contributed by atoms with Crippen molar-refractivity contribution in [1.29, 1.82) is 0 Å². The average molecular weight is 282 g/mol. The SMILES string of the molecule is COC(=O)CCN(CC(C)C)C(=O)c1cccnc1F. The Hall–Kier alpha value is -1.98. The van der Waals surface area contributed by atoms with E-state index in [2.05, 4.69) is 9.72 Å². The Bertz CT molecular complexity index is 477. The first-order valence-corrected chi connectivity index (χ1v) is 6.42. The molecule has 1 rings (SSSR count). The van der Waals surface area contributed by atoms with Gasteiger partial charge in [0.05, 0.1) is 19.1 Å². The third-order valence-electron chi connectivity index (χ3n) is 2.68. The first-order valence-electron chi connectivity index (χ1n) is 6.42. The van der Waals surface area contributed by atoms with Gasteiger partial charge in [-0.1, -0.05) is 13.8 Å². The average Bonchev–Trinajstić information content (AvgIpc) is 2.42. The van der Waals surface area contributed by atoms with Crippen molar-refractivity contribution in [3.63, 3.8) is 0 Å². The highest BCUT2D eigenvalue weighted by atomic mass is 19.1. The summed E-state index contributed by atoms with van der Waals surface area (Å²) in [5.41, 5.74) is -0.0852. The number of amides is 1. The van der Waals surface area contributed by atoms with Crippen LogP contribution < -0.4 is 0 Å². The fourth-order valence-electron chi connectivity index (χ4n) is 1.76. The summed E-state index contributed by atoms with van der Waals surface area (Å²) >= 11 is 0. The number of hydrogen-bond donors (Lipinski definition) is 0. The van der Waals surface area contributed by atoms with Crippen molar-refractivity contribution in [2.75, 3.05) is 20.2 Å². The van der Waals surface area contributed by atoms with Crippen LogP contribution in [0, 0.1) is 11.9 Å². The van der Waals surface area contributed by atoms with Crippen molar-refractivity contribution >= 4 is 11.9 Å². The molecule has 0 radical (unpaired) electrons. The molecule has 0 aliphatic carbocycles. The molecule has 0 unspecified atom stereocenters. The molecular formula is C14H19FN2O3. The Morgan fingerprint density at radius 2 is 2.15 bits per heavy atom. The molecule has 110 valence electrons. The van der Waals surface area contributed by atoms with Gasteiger partial charge in [0, 0.05) is 19.3 Å². The van der Waals surface area contributed by atoms with Crippen LogP contribution >= 0.6 is 0 Å². The smallest absolute Gasteiger partial charge is 0.307 e. The van der Waals surface area contributed by atoms with E-state index in [1.807, 2.05) is 13.8 Å². The van der Waals surface area contributed by atoms with Gasteiger partial charge in [-0.25, -0.2) is 4.98 Å². The number of methoxy groups -OCH3 is 1. The number of aromatic nitrogens is 1. The summed E-state index contributed by atoms with van der Waals surface area (Å²) in [6.45, 7) is 4.51. The summed E-state index contributed by atoms with van der Waals surface area (Å²) in [6.07, 6.45) is 1.37. The highest BCUT2D eigenvalue weighted by Crippen LogP contribution is 2.10. The van der Waals surface area contributed by atoms with Crippen molar-refractivity contribution < 1.29 is 18.7 Å². The number of carbonyl (C=O) groups excluding carboxylic acids is 2. The molecule has 6 heteroatoms. The molecule has 0 spiro atoms. The molecule has 20 heavy (non-hydrogen) atoms. The van der Waals surface area contributed by atoms with Crippen LogP contribution in [0.5, 0.6) is 0 Å². The molecule has 1 aromatic heterocycles. The fraction of sp³-hybridized carbons (Fsp3) is 0.500. The summed E-state index contributed by atoms with van der Waals surface area (Å²) in [5, 5.41) is 0. The lowest BCUT2D eigenvalue weighted by Crippen LogP contribution is -2.36. The molecule has 0 N–H and O–H groups in total. The Kier molecular flexibility index (Phi) is 6.09. The number of pyridine rings is 1. The number of ether oxygens (including phenoxy) is 1. The normalized spacial score (nSPS) is 10.4. The lowest BCUT2D eigenvalue weighted by Gasteiger charge is -2.24. The highest BCUT2D eigenvalue weighted by Gasteiger charge is 2.21. The van der Waals surface area contributed by atoms with Crippen LogP contribution in [0.15, 0.2) is 18.3 Å². The van der Waals surface area contributed by atoms with Crippen LogP contribution in [-0.2, 0) is 9.53 Å². The van der Waals surface area contributed by atoms with E-state index in [0.717, 1.165) is 0 Å². The van der Waals surface area contributed by atoms with E-state index in [1.165, 1.54) is 30.3 Å². The standard InChI is InChI=1S/C14H19FN2O3/c1-10(2)9-17(8-6-12(18)20-3)14(19)11-5-4-7-16-13(11)15/h4-5,7,10H,6,8-9H2,1-3H3. The van der Waals surface area contributed by atoms with Crippen molar-refractivity contribution in [2.24, 2.45) is 5.92 Å². The van der Waals surface area contributed by atoms with E-state index in [4.69, 9.17) is 0 Å². The third kappa shape index (κ3) is 4.60. The number of halogens is 1. The van der Waals surface area contributed by atoms with Crippen LogP contribution in [0.25, 0.3) is 0 Å². The number of esters is 1. The molecule has 1 heterocycles. The van der Waals surface area contributed by atoms with Crippen molar-refractivity contribution in [3.05, 3.63) is 29.8 Å². The maximum absolute atomic E-state index is 13.6. The fourth-order valence-corrected chi connectivity index (χ4v) is 1.76. The zero-order chi connectivity index (χ0) is 15.1. The minimum Gasteiger partial charge on any atom is -0.469 e. The molecule has 1 aromatic rings. The minimum absolute atomic E-state index is 0.0802. The van der Waals surface area contributed by atoms with Crippen molar-refractivity contribution in [3.8, 4) is 0 Å². The van der Waals surface area contributed by atoms with E-state index < -0.39 is 17.8 Å². The molecule has 0 bridgehead atoms. The Balaban J connectivity index is 2.84. The van der Waals surface area contributed by atoms with Crippen molar-refractivity contribution in [2.45, 2.75) is 20.3 Å². The third-order valence-corrected chi connectivity index (χ3v) is 2.68. The monoisotopic (exact) mass is 282 g/mol. The van der Waals surface area contributed by atoms with Gasteiger partial charge in [0.2, 0.25) is 5.95 Å². The number of carbonyl (C=O) groups is 2. The number of hydrogen-bond acceptors (Lipinski definition) is 4. The number of nitrogens with zero attached hydrogens (tertiary/aromatic N) is 2. The second-order valence-electron chi connectivity index (χ2n) is 4.81. The molecule has 1 amide bonds. The van der Waals surface area contributed by atoms with E-state index in [-0.39, 0.29) is 24.4 Å². The molecule has 0 fully saturated rings. The Morgan fingerprint density at radius 1 is 1.45 bits per heavy atom. The zero-order valence-corrected chi connectivity index (χ0v) is 11.9. The van der Waals surface area contributed by atoms with Gasteiger partial charge in [-0.15, -0.1) is 0 Å². The molecule has 0 saturated carbocycles. The maximum atomic E-state index is 13.6. The summed E-state index contributed by atoms with van der Waals surface area (Å²) in [4.78, 5) is 28.4. The van der Waals surface area contributed by atoms with Gasteiger partial charge in [0.1, 0.15) is 0 Å². The van der Waals surface area contributed by atoms with Crippen LogP contribution in [0.4, 0.5) is 4.39 Å². The van der Waals surface area contributed by atoms with Crippen LogP contribution in [0.3, 0.4) is 0 Å². The van der Waals surface area contributed by atoms with E-state index >= 15 is 0 Å². The molecule has 0 aliphatic rings. The molecule has 0 aromatic carbocycles. The van der Waals surface area contributed by atoms with E-state index in [0.29, 0.717) is 6.54 Å². The van der Waals surface area contributed by atoms with Gasteiger partial charge in [-0.05, 0) is 18.1 Å². The summed E-state index contributed by atoms with van der Waals surface area (Å²) in [5.74, 6) is -1.47. The lowest BCUT2D eigenvalue weighted by atomic mass is 10.1. The number of rotatable bonds is 6. The summed E-state index contributed by atoms with van der Waals surface area (Å²) in [7, 11) is 1.29. The largest absolute Gasteiger partial charge is 0.469 e. The maximum Gasteiger partial charge on any atom is 0.307 e. The summed E-state index contributed by atoms with van der Waals surface area (Å²) in [6, 6.07) is 2.89. The molecule has 0 aliphatic heterocycles. The van der Waals surface area contributed by atoms with E-state index in [9.17, 15) is 14.0 Å². The first-order chi connectivity index (χ1) is 9.45. The Morgan fingerprint density at radius 3 is 2.70 bits per heavy atom. The second-order valence-corrected chi connectivity index (χ2v) is 4.81. The topological polar surface area (TPSA) is 59.5 Å². The Labute approximate surface area is 117 Å². The minimum atomic E-state index is -0.802. The van der Waals surface area contributed by atoms with Crippen LogP contribution in [0.1, 0.15) is 30.6 Å². The van der Waals surface area contributed by atoms with Gasteiger partial charge in [-0.3, -0.25) is 9.59 Å². The quantitative estimate of drug-likeness (QED) is 0.590. The molecule has 0 saturated heterocycles. The van der Waals surface area contributed by atoms with Crippen molar-refractivity contribution in [1.82, 2.24) is 9.88 Å². The van der Waals surface area contributed by atoms with Gasteiger partial charge in [0.25, 0.3) is 5.91 Å². The van der Waals surface area contributed by atoms with Gasteiger partial charge >= 0.3 is 5.97 Å². The molecule has 0 atom stereocenters. The first kappa shape index (κ1) is 16.1. The van der Waals surface area contributed by atoms with Crippen LogP contribution in [-0.4, -0.2) is 42.0 Å². The van der Waals surface area contributed by atoms with Crippen LogP contribution in [0.2, 0.25) is 0 Å². The summed E-state index contributed by atoms with van der Waals surface area (Å²) < 4.78 is 18.1. The van der Waals surface area contributed by atoms with Gasteiger partial charge in [0.15, 0.2) is 0 Å². The predicted molar refractivity (Wildman–Crippen MR) is 71.6 cm³/mol. The van der Waals surface area contributed by atoms with Gasteiger partial charge < -0.3 is 9.64 Å². The predicted octanol–water partition coefficient (Wildman–Crippen LogP) is 1.88. The highest BCUT2D eigenvalue weighted by molar-refractivity contribution is 5.94. The van der Waals surface area contributed by atoms with Gasteiger partial charge in [-0.2, -0.15) is 4.39 Å². The van der Waals surface area contributed by atoms with E-state index in [1.54, 1.807) is 0 Å².